The number of hydrogen-bond donors (Lipinski definition) is 2. The largest absolute Gasteiger partial charge is 0.384 e. The highest BCUT2D eigenvalue weighted by atomic mass is 32.2. The van der Waals surface area contributed by atoms with E-state index >= 15 is 0 Å². The molecule has 6 nitrogen and oxygen atoms in total. The standard InChI is InChI=1S/C13H18N2O4S2/c1-11(20(2)17)5-6-15-21(18,19)13-8-12(4-3-7-16)9-14-10-13/h8-11,15-16H,5-7H2,1-2H3. The van der Waals surface area contributed by atoms with E-state index in [-0.39, 0.29) is 23.3 Å². The van der Waals surface area contributed by atoms with E-state index in [2.05, 4.69) is 21.5 Å². The number of aromatic nitrogens is 1. The highest BCUT2D eigenvalue weighted by Gasteiger charge is 2.15. The molecular weight excluding hydrogens is 312 g/mol. The molecule has 2 unspecified atom stereocenters. The van der Waals surface area contributed by atoms with Crippen LogP contribution in [0.4, 0.5) is 0 Å². The minimum Gasteiger partial charge on any atom is -0.384 e. The summed E-state index contributed by atoms with van der Waals surface area (Å²) in [6, 6.07) is 1.39. The lowest BCUT2D eigenvalue weighted by Crippen LogP contribution is -2.27. The van der Waals surface area contributed by atoms with Crippen LogP contribution in [0.3, 0.4) is 0 Å². The molecule has 0 aliphatic carbocycles. The SMILES string of the molecule is CC(CCNS(=O)(=O)c1cncc(C#CCO)c1)S(C)=O. The number of nitrogens with zero attached hydrogens (tertiary/aromatic N) is 1. The molecule has 2 N–H and O–H groups in total. The van der Waals surface area contributed by atoms with Crippen LogP contribution in [0, 0.1) is 11.8 Å². The quantitative estimate of drug-likeness (QED) is 0.708. The van der Waals surface area contributed by atoms with Crippen molar-refractivity contribution in [3.8, 4) is 11.8 Å². The highest BCUT2D eigenvalue weighted by molar-refractivity contribution is 7.89. The molecular formula is C13H18N2O4S2. The van der Waals surface area contributed by atoms with Gasteiger partial charge in [-0.2, -0.15) is 0 Å². The molecule has 0 amide bonds. The average Bonchev–Trinajstić information content (AvgIpc) is 2.45. The Balaban J connectivity index is 2.76. The summed E-state index contributed by atoms with van der Waals surface area (Å²) in [5.41, 5.74) is 0.412. The van der Waals surface area contributed by atoms with Gasteiger partial charge in [-0.3, -0.25) is 9.19 Å². The Morgan fingerprint density at radius 1 is 1.48 bits per heavy atom. The van der Waals surface area contributed by atoms with Crippen molar-refractivity contribution < 1.29 is 17.7 Å². The minimum absolute atomic E-state index is 0.0116. The van der Waals surface area contributed by atoms with Gasteiger partial charge in [0.1, 0.15) is 11.5 Å². The van der Waals surface area contributed by atoms with E-state index in [1.54, 1.807) is 13.2 Å². The average molecular weight is 330 g/mol. The van der Waals surface area contributed by atoms with E-state index in [9.17, 15) is 12.6 Å². The number of sulfonamides is 1. The summed E-state index contributed by atoms with van der Waals surface area (Å²) in [6.07, 6.45) is 4.73. The molecule has 1 heterocycles. The van der Waals surface area contributed by atoms with Crippen molar-refractivity contribution in [1.82, 2.24) is 9.71 Å². The lowest BCUT2D eigenvalue weighted by Gasteiger charge is -2.10. The summed E-state index contributed by atoms with van der Waals surface area (Å²) in [5.74, 6) is 5.03. The number of aliphatic hydroxyl groups excluding tert-OH is 1. The number of hydrogen-bond acceptors (Lipinski definition) is 5. The molecule has 0 saturated heterocycles. The summed E-state index contributed by atoms with van der Waals surface area (Å²) < 4.78 is 37.8. The number of pyridine rings is 1. The van der Waals surface area contributed by atoms with Gasteiger partial charge in [0.2, 0.25) is 10.0 Å². The number of rotatable bonds is 6. The molecule has 1 aromatic heterocycles. The molecule has 0 spiro atoms. The fourth-order valence-corrected chi connectivity index (χ4v) is 2.91. The molecule has 1 rings (SSSR count). The van der Waals surface area contributed by atoms with Gasteiger partial charge in [-0.1, -0.05) is 18.8 Å². The van der Waals surface area contributed by atoms with E-state index in [0.29, 0.717) is 12.0 Å². The molecule has 116 valence electrons. The predicted molar refractivity (Wildman–Crippen MR) is 81.5 cm³/mol. The summed E-state index contributed by atoms with van der Waals surface area (Å²) in [7, 11) is -4.65. The van der Waals surface area contributed by atoms with Gasteiger partial charge in [-0.15, -0.1) is 0 Å². The molecule has 0 fully saturated rings. The van der Waals surface area contributed by atoms with Crippen molar-refractivity contribution in [3.05, 3.63) is 24.0 Å². The Kier molecular flexibility index (Phi) is 6.98. The first-order valence-corrected chi connectivity index (χ1v) is 9.34. The van der Waals surface area contributed by atoms with Crippen molar-refractivity contribution in [2.24, 2.45) is 0 Å². The van der Waals surface area contributed by atoms with Crippen LogP contribution in [0.5, 0.6) is 0 Å². The van der Waals surface area contributed by atoms with Crippen LogP contribution < -0.4 is 4.72 Å². The first kappa shape index (κ1) is 17.8. The minimum atomic E-state index is -3.67. The first-order valence-electron chi connectivity index (χ1n) is 6.23. The zero-order valence-corrected chi connectivity index (χ0v) is 13.5. The van der Waals surface area contributed by atoms with Crippen LogP contribution in [0.2, 0.25) is 0 Å². The molecule has 0 saturated carbocycles. The molecule has 1 aromatic rings. The second kappa shape index (κ2) is 8.24. The zero-order valence-electron chi connectivity index (χ0n) is 11.9. The third kappa shape index (κ3) is 5.93. The summed E-state index contributed by atoms with van der Waals surface area (Å²) in [4.78, 5) is 3.83. The maximum absolute atomic E-state index is 12.1. The van der Waals surface area contributed by atoms with Gasteiger partial charge in [0.15, 0.2) is 0 Å². The fraction of sp³-hybridized carbons (Fsp3) is 0.462. The smallest absolute Gasteiger partial charge is 0.242 e. The van der Waals surface area contributed by atoms with E-state index in [4.69, 9.17) is 5.11 Å². The number of nitrogens with one attached hydrogen (secondary N) is 1. The van der Waals surface area contributed by atoms with E-state index in [1.165, 1.54) is 18.5 Å². The summed E-state index contributed by atoms with van der Waals surface area (Å²) in [5, 5.41) is 8.54. The number of aliphatic hydroxyl groups is 1. The van der Waals surface area contributed by atoms with Gasteiger partial charge >= 0.3 is 0 Å². The van der Waals surface area contributed by atoms with Crippen LogP contribution in [-0.4, -0.2) is 47.4 Å². The zero-order chi connectivity index (χ0) is 15.9. The third-order valence-corrected chi connectivity index (χ3v) is 5.54. The molecule has 0 radical (unpaired) electrons. The molecule has 21 heavy (non-hydrogen) atoms. The monoisotopic (exact) mass is 330 g/mol. The van der Waals surface area contributed by atoms with E-state index < -0.39 is 20.8 Å². The highest BCUT2D eigenvalue weighted by Crippen LogP contribution is 2.09. The predicted octanol–water partition coefficient (Wildman–Crippen LogP) is -0.139. The Morgan fingerprint density at radius 3 is 2.81 bits per heavy atom. The van der Waals surface area contributed by atoms with Gasteiger partial charge in [0.25, 0.3) is 0 Å². The maximum Gasteiger partial charge on any atom is 0.242 e. The van der Waals surface area contributed by atoms with Gasteiger partial charge in [0, 0.05) is 46.8 Å². The molecule has 2 atom stereocenters. The Morgan fingerprint density at radius 2 is 2.19 bits per heavy atom. The Labute approximate surface area is 127 Å². The Hall–Kier alpha value is -1.27. The third-order valence-electron chi connectivity index (χ3n) is 2.74. The van der Waals surface area contributed by atoms with Crippen LogP contribution in [0.15, 0.2) is 23.4 Å². The molecule has 8 heteroatoms. The van der Waals surface area contributed by atoms with Crippen molar-refractivity contribution in [1.29, 1.82) is 0 Å². The lowest BCUT2D eigenvalue weighted by atomic mass is 10.3. The van der Waals surface area contributed by atoms with Crippen molar-refractivity contribution >= 4 is 20.8 Å². The maximum atomic E-state index is 12.1. The van der Waals surface area contributed by atoms with Gasteiger partial charge in [-0.25, -0.2) is 13.1 Å². The van der Waals surface area contributed by atoms with Gasteiger partial charge in [-0.05, 0) is 12.5 Å². The van der Waals surface area contributed by atoms with Crippen LogP contribution in [0.1, 0.15) is 18.9 Å². The van der Waals surface area contributed by atoms with Crippen molar-refractivity contribution in [2.45, 2.75) is 23.5 Å². The second-order valence-corrected chi connectivity index (χ2v) is 7.93. The van der Waals surface area contributed by atoms with Crippen LogP contribution in [-0.2, 0) is 20.8 Å². The van der Waals surface area contributed by atoms with E-state index in [0.717, 1.165) is 0 Å². The molecule has 0 aliphatic rings. The summed E-state index contributed by atoms with van der Waals surface area (Å²) >= 11 is 0. The molecule has 0 aliphatic heterocycles. The first-order chi connectivity index (χ1) is 9.86. The molecule has 0 bridgehead atoms. The summed E-state index contributed by atoms with van der Waals surface area (Å²) in [6.45, 7) is 1.70. The normalized spacial score (nSPS) is 14.0. The van der Waals surface area contributed by atoms with E-state index in [1.807, 2.05) is 0 Å². The van der Waals surface area contributed by atoms with Crippen molar-refractivity contribution in [3.63, 3.8) is 0 Å². The van der Waals surface area contributed by atoms with Crippen molar-refractivity contribution in [2.75, 3.05) is 19.4 Å². The van der Waals surface area contributed by atoms with Gasteiger partial charge in [0.05, 0.1) is 0 Å². The second-order valence-electron chi connectivity index (χ2n) is 4.36. The van der Waals surface area contributed by atoms with Gasteiger partial charge < -0.3 is 5.11 Å². The lowest BCUT2D eigenvalue weighted by molar-refractivity contribution is 0.350. The van der Waals surface area contributed by atoms with Crippen LogP contribution >= 0.6 is 0 Å². The topological polar surface area (TPSA) is 96.4 Å². The Bertz CT molecular complexity index is 662. The fourth-order valence-electron chi connectivity index (χ4n) is 1.42. The molecule has 0 aromatic carbocycles. The van der Waals surface area contributed by atoms with Crippen LogP contribution in [0.25, 0.3) is 0 Å².